The van der Waals surface area contributed by atoms with Crippen LogP contribution in [0.3, 0.4) is 0 Å². The monoisotopic (exact) mass is 309 g/mol. The van der Waals surface area contributed by atoms with Crippen LogP contribution < -0.4 is 5.73 Å². The first-order chi connectivity index (χ1) is 9.70. The Kier molecular flexibility index (Phi) is 4.39. The minimum atomic E-state index is -3.28. The standard InChI is InChI=1S/C15H23N3O2S/c1-15(2)7-8-18(11-15)9-10-21(19,20)13-5-3-12(4-6-13)14(16)17/h3-6H,7-11H2,1-2H3,(H3,16,17). The lowest BCUT2D eigenvalue weighted by molar-refractivity contribution is 0.304. The Morgan fingerprint density at radius 2 is 1.95 bits per heavy atom. The van der Waals surface area contributed by atoms with E-state index in [1.807, 2.05) is 0 Å². The maximum atomic E-state index is 12.3. The second kappa shape index (κ2) is 5.77. The van der Waals surface area contributed by atoms with E-state index in [1.54, 1.807) is 12.1 Å². The number of benzene rings is 1. The van der Waals surface area contributed by atoms with Crippen LogP contribution in [0.4, 0.5) is 0 Å². The third kappa shape index (κ3) is 4.04. The third-order valence-electron chi connectivity index (χ3n) is 3.96. The summed E-state index contributed by atoms with van der Waals surface area (Å²) in [6.07, 6.45) is 1.11. The van der Waals surface area contributed by atoms with E-state index in [0.29, 0.717) is 17.0 Å². The highest BCUT2D eigenvalue weighted by atomic mass is 32.2. The van der Waals surface area contributed by atoms with Gasteiger partial charge in [0.15, 0.2) is 9.84 Å². The fourth-order valence-electron chi connectivity index (χ4n) is 2.62. The summed E-state index contributed by atoms with van der Waals surface area (Å²) in [7, 11) is -3.28. The molecular weight excluding hydrogens is 286 g/mol. The van der Waals surface area contributed by atoms with E-state index in [9.17, 15) is 8.42 Å². The van der Waals surface area contributed by atoms with Gasteiger partial charge in [-0.05, 0) is 30.5 Å². The molecule has 1 heterocycles. The molecule has 0 aromatic heterocycles. The van der Waals surface area contributed by atoms with Gasteiger partial charge in [0.05, 0.1) is 10.6 Å². The van der Waals surface area contributed by atoms with Crippen LogP contribution in [-0.2, 0) is 9.84 Å². The quantitative estimate of drug-likeness (QED) is 0.637. The fourth-order valence-corrected chi connectivity index (χ4v) is 3.91. The molecule has 2 rings (SSSR count). The first-order valence-electron chi connectivity index (χ1n) is 7.09. The van der Waals surface area contributed by atoms with Crippen LogP contribution in [0.1, 0.15) is 25.8 Å². The van der Waals surface area contributed by atoms with Crippen LogP contribution in [0.2, 0.25) is 0 Å². The number of nitrogens with two attached hydrogens (primary N) is 1. The summed E-state index contributed by atoms with van der Waals surface area (Å²) in [6, 6.07) is 6.21. The molecule has 5 nitrogen and oxygen atoms in total. The molecule has 0 saturated carbocycles. The molecule has 0 radical (unpaired) electrons. The topological polar surface area (TPSA) is 87.2 Å². The van der Waals surface area contributed by atoms with Crippen LogP contribution in [0, 0.1) is 10.8 Å². The number of nitrogens with one attached hydrogen (secondary N) is 1. The molecule has 1 saturated heterocycles. The molecule has 1 fully saturated rings. The predicted molar refractivity (Wildman–Crippen MR) is 84.3 cm³/mol. The van der Waals surface area contributed by atoms with Gasteiger partial charge in [-0.3, -0.25) is 5.41 Å². The fraction of sp³-hybridized carbons (Fsp3) is 0.533. The lowest BCUT2D eigenvalue weighted by atomic mass is 9.93. The molecule has 1 aliphatic rings. The first-order valence-corrected chi connectivity index (χ1v) is 8.74. The zero-order valence-electron chi connectivity index (χ0n) is 12.6. The summed E-state index contributed by atoms with van der Waals surface area (Å²) in [6.45, 7) is 6.90. The number of hydrogen-bond acceptors (Lipinski definition) is 4. The Labute approximate surface area is 126 Å². The minimum absolute atomic E-state index is 0.0572. The summed E-state index contributed by atoms with van der Waals surface area (Å²) in [4.78, 5) is 2.51. The SMILES string of the molecule is CC1(C)CCN(CCS(=O)(=O)c2ccc(C(=N)N)cc2)C1. The van der Waals surface area contributed by atoms with Crippen molar-refractivity contribution in [3.63, 3.8) is 0 Å². The number of nitrogen functional groups attached to an aromatic ring is 1. The molecular formula is C15H23N3O2S. The van der Waals surface area contributed by atoms with Gasteiger partial charge >= 0.3 is 0 Å². The molecule has 0 aliphatic carbocycles. The summed E-state index contributed by atoms with van der Waals surface area (Å²) in [5.74, 6) is 0.0703. The van der Waals surface area contributed by atoms with Crippen molar-refractivity contribution in [1.82, 2.24) is 4.90 Å². The van der Waals surface area contributed by atoms with Crippen molar-refractivity contribution in [3.05, 3.63) is 29.8 Å². The van der Waals surface area contributed by atoms with E-state index in [4.69, 9.17) is 11.1 Å². The van der Waals surface area contributed by atoms with Crippen molar-refractivity contribution < 1.29 is 8.42 Å². The number of rotatable bonds is 5. The van der Waals surface area contributed by atoms with Crippen LogP contribution >= 0.6 is 0 Å². The number of likely N-dealkylation sites (tertiary alicyclic amines) is 1. The maximum Gasteiger partial charge on any atom is 0.179 e. The molecule has 0 unspecified atom stereocenters. The van der Waals surface area contributed by atoms with Gasteiger partial charge in [-0.2, -0.15) is 0 Å². The van der Waals surface area contributed by atoms with E-state index in [2.05, 4.69) is 18.7 Å². The molecule has 21 heavy (non-hydrogen) atoms. The number of amidine groups is 1. The normalized spacial score (nSPS) is 18.8. The van der Waals surface area contributed by atoms with Gasteiger partial charge in [-0.25, -0.2) is 8.42 Å². The largest absolute Gasteiger partial charge is 0.384 e. The van der Waals surface area contributed by atoms with Crippen molar-refractivity contribution in [2.24, 2.45) is 11.1 Å². The molecule has 0 amide bonds. The van der Waals surface area contributed by atoms with Gasteiger partial charge < -0.3 is 10.6 Å². The van der Waals surface area contributed by atoms with Gasteiger partial charge in [0, 0.05) is 18.7 Å². The summed E-state index contributed by atoms with van der Waals surface area (Å²) in [5, 5.41) is 7.31. The zero-order valence-corrected chi connectivity index (χ0v) is 13.4. The van der Waals surface area contributed by atoms with E-state index < -0.39 is 9.84 Å². The van der Waals surface area contributed by atoms with Gasteiger partial charge in [-0.1, -0.05) is 26.0 Å². The summed E-state index contributed by atoms with van der Waals surface area (Å²) >= 11 is 0. The van der Waals surface area contributed by atoms with Crippen LogP contribution in [0.25, 0.3) is 0 Å². The lowest BCUT2D eigenvalue weighted by Crippen LogP contribution is -2.29. The van der Waals surface area contributed by atoms with Crippen molar-refractivity contribution in [2.75, 3.05) is 25.4 Å². The van der Waals surface area contributed by atoms with Gasteiger partial charge in [0.1, 0.15) is 5.84 Å². The van der Waals surface area contributed by atoms with Crippen LogP contribution in [-0.4, -0.2) is 44.5 Å². The molecule has 1 aliphatic heterocycles. The van der Waals surface area contributed by atoms with Crippen LogP contribution in [0.5, 0.6) is 0 Å². The maximum absolute atomic E-state index is 12.3. The highest BCUT2D eigenvalue weighted by Crippen LogP contribution is 2.28. The molecule has 0 spiro atoms. The van der Waals surface area contributed by atoms with Crippen molar-refractivity contribution in [2.45, 2.75) is 25.2 Å². The summed E-state index contributed by atoms with van der Waals surface area (Å²) < 4.78 is 24.6. The lowest BCUT2D eigenvalue weighted by Gasteiger charge is -2.19. The van der Waals surface area contributed by atoms with Gasteiger partial charge in [0.25, 0.3) is 0 Å². The van der Waals surface area contributed by atoms with Gasteiger partial charge in [0.2, 0.25) is 0 Å². The Hall–Kier alpha value is -1.40. The molecule has 116 valence electrons. The summed E-state index contributed by atoms with van der Waals surface area (Å²) in [5.41, 5.74) is 6.19. The Balaban J connectivity index is 2.00. The van der Waals surface area contributed by atoms with E-state index in [1.165, 1.54) is 12.1 Å². The average Bonchev–Trinajstić information content (AvgIpc) is 2.76. The minimum Gasteiger partial charge on any atom is -0.384 e. The molecule has 3 N–H and O–H groups in total. The smallest absolute Gasteiger partial charge is 0.179 e. The highest BCUT2D eigenvalue weighted by Gasteiger charge is 2.29. The molecule has 6 heteroatoms. The van der Waals surface area contributed by atoms with E-state index in [-0.39, 0.29) is 17.0 Å². The Morgan fingerprint density at radius 3 is 2.43 bits per heavy atom. The predicted octanol–water partition coefficient (Wildman–Crippen LogP) is 1.48. The first kappa shape index (κ1) is 16.0. The second-order valence-corrected chi connectivity index (χ2v) is 8.56. The Morgan fingerprint density at radius 1 is 1.33 bits per heavy atom. The number of nitrogens with zero attached hydrogens (tertiary/aromatic N) is 1. The molecule has 1 aromatic rings. The zero-order chi connectivity index (χ0) is 15.7. The van der Waals surface area contributed by atoms with Crippen molar-refractivity contribution >= 4 is 15.7 Å². The molecule has 0 bridgehead atoms. The third-order valence-corrected chi connectivity index (χ3v) is 5.67. The average molecular weight is 309 g/mol. The van der Waals surface area contributed by atoms with E-state index >= 15 is 0 Å². The van der Waals surface area contributed by atoms with Crippen molar-refractivity contribution in [3.8, 4) is 0 Å². The number of hydrogen-bond donors (Lipinski definition) is 2. The molecule has 0 atom stereocenters. The molecule has 1 aromatic carbocycles. The van der Waals surface area contributed by atoms with Crippen molar-refractivity contribution in [1.29, 1.82) is 5.41 Å². The van der Waals surface area contributed by atoms with Crippen LogP contribution in [0.15, 0.2) is 29.2 Å². The Bertz CT molecular complexity index is 621. The van der Waals surface area contributed by atoms with Gasteiger partial charge in [-0.15, -0.1) is 0 Å². The van der Waals surface area contributed by atoms with E-state index in [0.717, 1.165) is 19.5 Å². The second-order valence-electron chi connectivity index (χ2n) is 6.45. The highest BCUT2D eigenvalue weighted by molar-refractivity contribution is 7.91. The number of sulfone groups is 1.